The molecule has 1 atom stereocenters. The van der Waals surface area contributed by atoms with E-state index in [9.17, 15) is 22.4 Å². The smallest absolute Gasteiger partial charge is 0.338 e. The van der Waals surface area contributed by atoms with Crippen LogP contribution >= 0.6 is 0 Å². The van der Waals surface area contributed by atoms with Crippen molar-refractivity contribution in [2.75, 3.05) is 10.0 Å². The van der Waals surface area contributed by atoms with E-state index in [0.717, 1.165) is 18.2 Å². The van der Waals surface area contributed by atoms with Crippen molar-refractivity contribution in [2.45, 2.75) is 17.9 Å². The second-order valence-corrected chi connectivity index (χ2v) is 8.68. The van der Waals surface area contributed by atoms with E-state index in [2.05, 4.69) is 30.0 Å². The van der Waals surface area contributed by atoms with Crippen LogP contribution in [0.5, 0.6) is 0 Å². The number of fused-ring (bicyclic) bond motifs is 1. The number of aromatic amines is 1. The van der Waals surface area contributed by atoms with Crippen LogP contribution in [0.15, 0.2) is 66.1 Å². The summed E-state index contributed by atoms with van der Waals surface area (Å²) < 4.78 is 45.8. The molecular weight excluding hydrogens is 467 g/mol. The van der Waals surface area contributed by atoms with E-state index in [1.54, 1.807) is 0 Å². The second kappa shape index (κ2) is 9.23. The fourth-order valence-corrected chi connectivity index (χ4v) is 3.99. The molecule has 0 bridgehead atoms. The molecule has 0 aliphatic carbocycles. The molecule has 2 heterocycles. The molecule has 4 rings (SSSR count). The van der Waals surface area contributed by atoms with Crippen LogP contribution in [0.1, 0.15) is 17.3 Å². The predicted molar refractivity (Wildman–Crippen MR) is 119 cm³/mol. The number of rotatable bonds is 7. The lowest BCUT2D eigenvalue weighted by Gasteiger charge is -2.14. The summed E-state index contributed by atoms with van der Waals surface area (Å²) in [6, 6.07) is 9.84. The van der Waals surface area contributed by atoms with Crippen LogP contribution < -0.4 is 10.0 Å². The lowest BCUT2D eigenvalue weighted by Crippen LogP contribution is -2.30. The minimum atomic E-state index is -4.07. The van der Waals surface area contributed by atoms with E-state index >= 15 is 0 Å². The Kier molecular flexibility index (Phi) is 6.19. The van der Waals surface area contributed by atoms with Crippen molar-refractivity contribution < 1.29 is 27.1 Å². The summed E-state index contributed by atoms with van der Waals surface area (Å²) in [5.41, 5.74) is 0.818. The number of esters is 1. The third-order valence-electron chi connectivity index (χ3n) is 4.59. The molecule has 0 radical (unpaired) electrons. The van der Waals surface area contributed by atoms with E-state index in [0.29, 0.717) is 11.2 Å². The van der Waals surface area contributed by atoms with Gasteiger partial charge in [-0.25, -0.2) is 32.6 Å². The molecule has 0 fully saturated rings. The topological polar surface area (TPSA) is 156 Å². The van der Waals surface area contributed by atoms with Gasteiger partial charge in [-0.3, -0.25) is 9.52 Å². The van der Waals surface area contributed by atoms with Crippen molar-refractivity contribution >= 4 is 44.6 Å². The van der Waals surface area contributed by atoms with Crippen molar-refractivity contribution in [3.63, 3.8) is 0 Å². The summed E-state index contributed by atoms with van der Waals surface area (Å²) in [6.07, 6.45) is 1.39. The molecular formula is C21H17FN6O5S. The fraction of sp³-hybridized carbons (Fsp3) is 0.0952. The van der Waals surface area contributed by atoms with Crippen molar-refractivity contribution in [3.05, 3.63) is 72.6 Å². The monoisotopic (exact) mass is 484 g/mol. The molecule has 4 aromatic rings. The Morgan fingerprint density at radius 1 is 1.09 bits per heavy atom. The van der Waals surface area contributed by atoms with Gasteiger partial charge in [0.05, 0.1) is 16.8 Å². The first-order chi connectivity index (χ1) is 16.2. The maximum absolute atomic E-state index is 13.1. The largest absolute Gasteiger partial charge is 0.449 e. The number of hydrogen-bond acceptors (Lipinski definition) is 8. The Balaban J connectivity index is 1.44. The third kappa shape index (κ3) is 4.99. The Morgan fingerprint density at radius 3 is 2.62 bits per heavy atom. The Bertz CT molecular complexity index is 1470. The molecule has 11 nitrogen and oxygen atoms in total. The molecule has 0 saturated carbocycles. The number of nitrogens with one attached hydrogen (secondary N) is 3. The zero-order valence-electron chi connectivity index (χ0n) is 17.5. The van der Waals surface area contributed by atoms with Gasteiger partial charge >= 0.3 is 5.97 Å². The van der Waals surface area contributed by atoms with Crippen LogP contribution in [0.2, 0.25) is 0 Å². The van der Waals surface area contributed by atoms with Gasteiger partial charge in [-0.05, 0) is 49.4 Å². The van der Waals surface area contributed by atoms with E-state index in [-0.39, 0.29) is 22.0 Å². The second-order valence-electron chi connectivity index (χ2n) is 7.00. The van der Waals surface area contributed by atoms with E-state index < -0.39 is 33.8 Å². The molecule has 2 aromatic carbocycles. The maximum atomic E-state index is 13.1. The van der Waals surface area contributed by atoms with Gasteiger partial charge in [0.25, 0.3) is 15.9 Å². The Morgan fingerprint density at radius 2 is 1.85 bits per heavy atom. The van der Waals surface area contributed by atoms with Gasteiger partial charge in [-0.15, -0.1) is 0 Å². The summed E-state index contributed by atoms with van der Waals surface area (Å²) in [7, 11) is -4.07. The average Bonchev–Trinajstić information content (AvgIpc) is 3.30. The van der Waals surface area contributed by atoms with Gasteiger partial charge in [0.15, 0.2) is 17.6 Å². The standard InChI is InChI=1S/C21H17FN6O5S/c1-12(20(29)27-19-17-18(24-10-23-17)25-11-26-19)33-21(30)13-3-2-4-16(9-13)34(31,32)28-15-7-5-14(22)6-8-15/h2-12,28H,1H3,(H2,23,24,25,26,27,29). The van der Waals surface area contributed by atoms with Gasteiger partial charge in [-0.1, -0.05) is 6.07 Å². The third-order valence-corrected chi connectivity index (χ3v) is 5.97. The van der Waals surface area contributed by atoms with E-state index in [1.807, 2.05) is 0 Å². The van der Waals surface area contributed by atoms with Gasteiger partial charge in [0.1, 0.15) is 17.7 Å². The zero-order chi connectivity index (χ0) is 24.3. The first kappa shape index (κ1) is 22.8. The van der Waals surface area contributed by atoms with Gasteiger partial charge in [0, 0.05) is 5.69 Å². The summed E-state index contributed by atoms with van der Waals surface area (Å²) in [5, 5.41) is 2.52. The minimum Gasteiger partial charge on any atom is -0.449 e. The van der Waals surface area contributed by atoms with E-state index in [4.69, 9.17) is 4.74 Å². The van der Waals surface area contributed by atoms with Crippen LogP contribution in [0.4, 0.5) is 15.9 Å². The average molecular weight is 484 g/mol. The van der Waals surface area contributed by atoms with Crippen LogP contribution in [0, 0.1) is 5.82 Å². The number of ether oxygens (including phenoxy) is 1. The van der Waals surface area contributed by atoms with Crippen LogP contribution in [0.3, 0.4) is 0 Å². The van der Waals surface area contributed by atoms with Gasteiger partial charge < -0.3 is 15.0 Å². The van der Waals surface area contributed by atoms with Crippen LogP contribution in [0.25, 0.3) is 11.2 Å². The normalized spacial score (nSPS) is 12.2. The molecule has 1 amide bonds. The molecule has 13 heteroatoms. The number of carbonyl (C=O) groups is 2. The summed E-state index contributed by atoms with van der Waals surface area (Å²) in [4.78, 5) is 39.5. The number of aromatic nitrogens is 4. The molecule has 1 unspecified atom stereocenters. The lowest BCUT2D eigenvalue weighted by atomic mass is 10.2. The van der Waals surface area contributed by atoms with Crippen LogP contribution in [-0.2, 0) is 19.6 Å². The molecule has 174 valence electrons. The number of nitrogens with zero attached hydrogens (tertiary/aromatic N) is 3. The molecule has 2 aromatic heterocycles. The predicted octanol–water partition coefficient (Wildman–Crippen LogP) is 2.48. The Hall–Kier alpha value is -4.39. The highest BCUT2D eigenvalue weighted by molar-refractivity contribution is 7.92. The van der Waals surface area contributed by atoms with Crippen molar-refractivity contribution in [1.29, 1.82) is 0 Å². The first-order valence-electron chi connectivity index (χ1n) is 9.77. The SMILES string of the molecule is CC(OC(=O)c1cccc(S(=O)(=O)Nc2ccc(F)cc2)c1)C(=O)Nc1ncnc2nc[nH]c12. The van der Waals surface area contributed by atoms with Crippen LogP contribution in [-0.4, -0.2) is 46.3 Å². The molecule has 0 aliphatic rings. The van der Waals surface area contributed by atoms with Crippen molar-refractivity contribution in [1.82, 2.24) is 19.9 Å². The molecule has 0 saturated heterocycles. The van der Waals surface area contributed by atoms with Gasteiger partial charge in [0.2, 0.25) is 0 Å². The summed E-state index contributed by atoms with van der Waals surface area (Å²) >= 11 is 0. The minimum absolute atomic E-state index is 0.0837. The fourth-order valence-electron chi connectivity index (χ4n) is 2.88. The van der Waals surface area contributed by atoms with E-state index in [1.165, 1.54) is 49.9 Å². The molecule has 3 N–H and O–H groups in total. The number of H-pyrrole nitrogens is 1. The molecule has 34 heavy (non-hydrogen) atoms. The highest BCUT2D eigenvalue weighted by atomic mass is 32.2. The number of halogens is 1. The first-order valence-corrected chi connectivity index (χ1v) is 11.3. The number of sulfonamides is 1. The van der Waals surface area contributed by atoms with Crippen molar-refractivity contribution in [3.8, 4) is 0 Å². The quantitative estimate of drug-likeness (QED) is 0.338. The lowest BCUT2D eigenvalue weighted by molar-refractivity contribution is -0.123. The number of carbonyl (C=O) groups excluding carboxylic acids is 2. The highest BCUT2D eigenvalue weighted by Crippen LogP contribution is 2.19. The number of hydrogen-bond donors (Lipinski definition) is 3. The van der Waals surface area contributed by atoms with Gasteiger partial charge in [-0.2, -0.15) is 0 Å². The summed E-state index contributed by atoms with van der Waals surface area (Å²) in [5.74, 6) is -1.92. The molecule has 0 aliphatic heterocycles. The Labute approximate surface area is 192 Å². The van der Waals surface area contributed by atoms with Crippen molar-refractivity contribution in [2.24, 2.45) is 0 Å². The molecule has 0 spiro atoms. The number of imidazole rings is 1. The number of amides is 1. The summed E-state index contributed by atoms with van der Waals surface area (Å²) in [6.45, 7) is 1.36. The maximum Gasteiger partial charge on any atom is 0.338 e. The number of benzene rings is 2. The number of anilines is 2. The highest BCUT2D eigenvalue weighted by Gasteiger charge is 2.22. The zero-order valence-corrected chi connectivity index (χ0v) is 18.3.